The maximum absolute atomic E-state index is 4.68. The summed E-state index contributed by atoms with van der Waals surface area (Å²) < 4.78 is 1.14. The fourth-order valence-corrected chi connectivity index (χ4v) is 3.08. The molecule has 1 aromatic carbocycles. The number of rotatable bonds is 8. The van der Waals surface area contributed by atoms with Crippen molar-refractivity contribution in [1.29, 1.82) is 0 Å². The molecule has 0 aliphatic heterocycles. The number of aromatic nitrogens is 3. The molecule has 0 saturated carbocycles. The van der Waals surface area contributed by atoms with Gasteiger partial charge in [-0.05, 0) is 73.9 Å². The normalized spacial score (nSPS) is 10.8. The Labute approximate surface area is 173 Å². The summed E-state index contributed by atoms with van der Waals surface area (Å²) in [6.07, 6.45) is 4.57. The number of benzene rings is 1. The molecular formula is C20H23IN6. The fourth-order valence-electron chi connectivity index (χ4n) is 2.56. The Bertz CT molecular complexity index is 869. The Morgan fingerprint density at radius 3 is 2.56 bits per heavy atom. The number of halogens is 1. The summed E-state index contributed by atoms with van der Waals surface area (Å²) in [5, 5.41) is 6.75. The lowest BCUT2D eigenvalue weighted by molar-refractivity contribution is 0.405. The Balaban J connectivity index is 1.85. The molecule has 27 heavy (non-hydrogen) atoms. The molecule has 0 atom stereocenters. The van der Waals surface area contributed by atoms with Crippen LogP contribution in [0.25, 0.3) is 11.3 Å². The summed E-state index contributed by atoms with van der Waals surface area (Å²) in [7, 11) is 4.15. The zero-order chi connectivity index (χ0) is 19.1. The van der Waals surface area contributed by atoms with Crippen LogP contribution >= 0.6 is 22.6 Å². The second kappa shape index (κ2) is 9.61. The van der Waals surface area contributed by atoms with Gasteiger partial charge in [0.15, 0.2) is 0 Å². The van der Waals surface area contributed by atoms with Crippen LogP contribution in [0.5, 0.6) is 0 Å². The van der Waals surface area contributed by atoms with E-state index in [1.165, 1.54) is 0 Å². The monoisotopic (exact) mass is 474 g/mol. The van der Waals surface area contributed by atoms with Crippen molar-refractivity contribution < 1.29 is 0 Å². The first-order valence-corrected chi connectivity index (χ1v) is 9.89. The predicted molar refractivity (Wildman–Crippen MR) is 119 cm³/mol. The topological polar surface area (TPSA) is 66.0 Å². The lowest BCUT2D eigenvalue weighted by atomic mass is 10.2. The molecule has 3 rings (SSSR count). The number of anilines is 3. The molecule has 0 aliphatic rings. The molecule has 140 valence electrons. The number of para-hydroxylation sites is 1. The summed E-state index contributed by atoms with van der Waals surface area (Å²) >= 11 is 2.32. The van der Waals surface area contributed by atoms with Gasteiger partial charge in [0.2, 0.25) is 5.95 Å². The highest BCUT2D eigenvalue weighted by molar-refractivity contribution is 14.1. The summed E-state index contributed by atoms with van der Waals surface area (Å²) in [5.74, 6) is 1.38. The number of hydrogen-bond acceptors (Lipinski definition) is 6. The van der Waals surface area contributed by atoms with E-state index in [2.05, 4.69) is 73.2 Å². The van der Waals surface area contributed by atoms with Crippen LogP contribution in [0.2, 0.25) is 0 Å². The highest BCUT2D eigenvalue weighted by Gasteiger charge is 2.08. The van der Waals surface area contributed by atoms with Gasteiger partial charge in [-0.1, -0.05) is 12.1 Å². The number of nitrogens with one attached hydrogen (secondary N) is 2. The van der Waals surface area contributed by atoms with Crippen molar-refractivity contribution in [2.24, 2.45) is 0 Å². The van der Waals surface area contributed by atoms with Crippen molar-refractivity contribution in [1.82, 2.24) is 19.9 Å². The first-order chi connectivity index (χ1) is 13.1. The third kappa shape index (κ3) is 5.86. The highest BCUT2D eigenvalue weighted by Crippen LogP contribution is 2.25. The van der Waals surface area contributed by atoms with E-state index in [-0.39, 0.29) is 0 Å². The predicted octanol–water partition coefficient (Wildman–Crippen LogP) is 4.25. The second-order valence-corrected chi connectivity index (χ2v) is 7.55. The zero-order valence-electron chi connectivity index (χ0n) is 15.5. The molecule has 2 heterocycles. The van der Waals surface area contributed by atoms with Gasteiger partial charge in [0.25, 0.3) is 0 Å². The van der Waals surface area contributed by atoms with Crippen molar-refractivity contribution in [3.63, 3.8) is 0 Å². The molecule has 0 spiro atoms. The zero-order valence-corrected chi connectivity index (χ0v) is 17.6. The Morgan fingerprint density at radius 2 is 1.81 bits per heavy atom. The standard InChI is InChI=1S/C20H23IN6/c1-27(2)13-5-10-23-20-25-18(15-8-11-22-12-9-15)14-19(26-20)24-17-7-4-3-6-16(17)21/h3-4,6-9,11-12,14H,5,10,13H2,1-2H3,(H2,23,24,25,26). The largest absolute Gasteiger partial charge is 0.354 e. The molecule has 0 saturated heterocycles. The van der Waals surface area contributed by atoms with E-state index in [0.717, 1.165) is 45.8 Å². The van der Waals surface area contributed by atoms with Crippen molar-refractivity contribution in [2.45, 2.75) is 6.42 Å². The lowest BCUT2D eigenvalue weighted by Gasteiger charge is -2.13. The summed E-state index contributed by atoms with van der Waals surface area (Å²) in [5.41, 5.74) is 2.89. The number of nitrogens with zero attached hydrogens (tertiary/aromatic N) is 4. The van der Waals surface area contributed by atoms with E-state index in [1.807, 2.05) is 36.4 Å². The van der Waals surface area contributed by atoms with Crippen LogP contribution in [-0.2, 0) is 0 Å². The van der Waals surface area contributed by atoms with E-state index in [1.54, 1.807) is 12.4 Å². The maximum Gasteiger partial charge on any atom is 0.225 e. The highest BCUT2D eigenvalue weighted by atomic mass is 127. The van der Waals surface area contributed by atoms with Crippen molar-refractivity contribution >= 4 is 40.0 Å². The Kier molecular flexibility index (Phi) is 6.94. The van der Waals surface area contributed by atoms with E-state index >= 15 is 0 Å². The first kappa shape index (κ1) is 19.5. The third-order valence-electron chi connectivity index (χ3n) is 3.90. The van der Waals surface area contributed by atoms with Gasteiger partial charge in [0.05, 0.1) is 11.4 Å². The molecule has 2 aromatic heterocycles. The number of pyridine rings is 1. The Hall–Kier alpha value is -2.26. The van der Waals surface area contributed by atoms with Crippen molar-refractivity contribution in [2.75, 3.05) is 37.8 Å². The van der Waals surface area contributed by atoms with Gasteiger partial charge >= 0.3 is 0 Å². The SMILES string of the molecule is CN(C)CCCNc1nc(Nc2ccccc2I)cc(-c2ccncc2)n1. The maximum atomic E-state index is 4.68. The van der Waals surface area contributed by atoms with Gasteiger partial charge < -0.3 is 15.5 Å². The molecule has 0 radical (unpaired) electrons. The van der Waals surface area contributed by atoms with Gasteiger partial charge in [0.1, 0.15) is 5.82 Å². The van der Waals surface area contributed by atoms with Crippen LogP contribution in [0.3, 0.4) is 0 Å². The minimum Gasteiger partial charge on any atom is -0.354 e. The van der Waals surface area contributed by atoms with Crippen LogP contribution in [-0.4, -0.2) is 47.0 Å². The van der Waals surface area contributed by atoms with Gasteiger partial charge in [-0.25, -0.2) is 4.98 Å². The summed E-state index contributed by atoms with van der Waals surface area (Å²) in [4.78, 5) is 15.6. The van der Waals surface area contributed by atoms with Crippen LogP contribution < -0.4 is 10.6 Å². The minimum atomic E-state index is 0.622. The average Bonchev–Trinajstić information content (AvgIpc) is 2.67. The molecule has 3 aromatic rings. The molecule has 6 nitrogen and oxygen atoms in total. The van der Waals surface area contributed by atoms with E-state index in [0.29, 0.717) is 5.95 Å². The van der Waals surface area contributed by atoms with Gasteiger partial charge in [0, 0.05) is 34.1 Å². The molecule has 2 N–H and O–H groups in total. The lowest BCUT2D eigenvalue weighted by Crippen LogP contribution is -2.17. The minimum absolute atomic E-state index is 0.622. The Morgan fingerprint density at radius 1 is 1.04 bits per heavy atom. The van der Waals surface area contributed by atoms with Crippen molar-refractivity contribution in [3.05, 3.63) is 58.4 Å². The van der Waals surface area contributed by atoms with Crippen LogP contribution in [0.4, 0.5) is 17.5 Å². The first-order valence-electron chi connectivity index (χ1n) is 8.81. The van der Waals surface area contributed by atoms with Crippen LogP contribution in [0.1, 0.15) is 6.42 Å². The molecular weight excluding hydrogens is 451 g/mol. The molecule has 7 heteroatoms. The summed E-state index contributed by atoms with van der Waals surface area (Å²) in [6.45, 7) is 1.84. The smallest absolute Gasteiger partial charge is 0.225 e. The fraction of sp³-hybridized carbons (Fsp3) is 0.250. The van der Waals surface area contributed by atoms with E-state index < -0.39 is 0 Å². The second-order valence-electron chi connectivity index (χ2n) is 6.39. The van der Waals surface area contributed by atoms with Crippen LogP contribution in [0.15, 0.2) is 54.9 Å². The molecule has 0 aliphatic carbocycles. The molecule has 0 bridgehead atoms. The quantitative estimate of drug-likeness (QED) is 0.376. The van der Waals surface area contributed by atoms with Crippen LogP contribution in [0, 0.1) is 3.57 Å². The van der Waals surface area contributed by atoms with Gasteiger partial charge in [-0.2, -0.15) is 4.98 Å². The van der Waals surface area contributed by atoms with Gasteiger partial charge in [-0.3, -0.25) is 4.98 Å². The molecule has 0 unspecified atom stereocenters. The average molecular weight is 474 g/mol. The summed E-state index contributed by atoms with van der Waals surface area (Å²) in [6, 6.07) is 14.0. The molecule has 0 fully saturated rings. The van der Waals surface area contributed by atoms with E-state index in [9.17, 15) is 0 Å². The van der Waals surface area contributed by atoms with E-state index in [4.69, 9.17) is 0 Å². The number of hydrogen-bond donors (Lipinski definition) is 2. The van der Waals surface area contributed by atoms with Gasteiger partial charge in [-0.15, -0.1) is 0 Å². The third-order valence-corrected chi connectivity index (χ3v) is 4.84. The molecule has 0 amide bonds. The van der Waals surface area contributed by atoms with Crippen molar-refractivity contribution in [3.8, 4) is 11.3 Å².